The fourth-order valence-corrected chi connectivity index (χ4v) is 4.39. The van der Waals surface area contributed by atoms with Gasteiger partial charge in [-0.1, -0.05) is 24.3 Å². The van der Waals surface area contributed by atoms with Crippen LogP contribution in [0.1, 0.15) is 30.4 Å². The van der Waals surface area contributed by atoms with E-state index in [9.17, 15) is 20.0 Å². The zero-order chi connectivity index (χ0) is 20.4. The number of rotatable bonds is 4. The maximum Gasteiger partial charge on any atom is 0.292 e. The van der Waals surface area contributed by atoms with E-state index in [1.54, 1.807) is 18.2 Å². The van der Waals surface area contributed by atoms with Crippen molar-refractivity contribution >= 4 is 23.0 Å². The first-order valence-corrected chi connectivity index (χ1v) is 10.1. The number of fused-ring (bicyclic) bond motifs is 1. The number of piperidine rings is 1. The third-order valence-corrected chi connectivity index (χ3v) is 6.00. The number of nitrogens with one attached hydrogen (secondary N) is 1. The number of nitro benzene ring substituents is 1. The Morgan fingerprint density at radius 1 is 1.10 bits per heavy atom. The molecule has 0 spiro atoms. The number of aliphatic hydroxyl groups is 1. The van der Waals surface area contributed by atoms with E-state index in [-0.39, 0.29) is 28.5 Å². The number of nitrogens with zero attached hydrogens (tertiary/aromatic N) is 2. The van der Waals surface area contributed by atoms with E-state index in [0.29, 0.717) is 38.0 Å². The smallest absolute Gasteiger partial charge is 0.292 e. The summed E-state index contributed by atoms with van der Waals surface area (Å²) >= 11 is 0. The van der Waals surface area contributed by atoms with Gasteiger partial charge in [0.15, 0.2) is 0 Å². The number of carbonyl (C=O) groups is 1. The van der Waals surface area contributed by atoms with Gasteiger partial charge in [-0.2, -0.15) is 0 Å². The van der Waals surface area contributed by atoms with E-state index < -0.39 is 0 Å². The number of nitro groups is 1. The highest BCUT2D eigenvalue weighted by Gasteiger charge is 2.29. The minimum absolute atomic E-state index is 0.0133. The number of aliphatic hydroxyl groups excluding tert-OH is 1. The molecular formula is C22H25N3O4. The van der Waals surface area contributed by atoms with Crippen LogP contribution in [-0.4, -0.2) is 35.1 Å². The van der Waals surface area contributed by atoms with E-state index in [2.05, 4.69) is 11.4 Å². The Morgan fingerprint density at radius 2 is 1.86 bits per heavy atom. The third-order valence-electron chi connectivity index (χ3n) is 6.00. The number of hydrogen-bond donors (Lipinski definition) is 2. The van der Waals surface area contributed by atoms with Crippen LogP contribution in [0, 0.1) is 16.0 Å². The molecule has 29 heavy (non-hydrogen) atoms. The van der Waals surface area contributed by atoms with Crippen molar-refractivity contribution in [1.29, 1.82) is 0 Å². The molecule has 0 bridgehead atoms. The molecule has 4 rings (SSSR count). The first-order valence-electron chi connectivity index (χ1n) is 10.1. The van der Waals surface area contributed by atoms with Crippen molar-refractivity contribution in [3.63, 3.8) is 0 Å². The lowest BCUT2D eigenvalue weighted by Gasteiger charge is -2.33. The molecule has 0 aromatic heterocycles. The molecule has 1 aliphatic carbocycles. The van der Waals surface area contributed by atoms with Gasteiger partial charge in [-0.05, 0) is 48.9 Å². The van der Waals surface area contributed by atoms with Crippen molar-refractivity contribution in [3.8, 4) is 0 Å². The fourth-order valence-electron chi connectivity index (χ4n) is 4.39. The maximum absolute atomic E-state index is 12.9. The predicted octanol–water partition coefficient (Wildman–Crippen LogP) is 3.30. The summed E-state index contributed by atoms with van der Waals surface area (Å²) in [5.41, 5.74) is 3.75. The standard InChI is InChI=1S/C22H25N3O4/c26-17-9-8-15-4-3-5-19(18(15)14-17)23-22(27)16-10-12-24(13-11-16)20-6-1-2-7-21(20)25(28)29/h1-7,16-17,26H,8-14H2,(H,23,27). The lowest BCUT2D eigenvalue weighted by Crippen LogP contribution is -2.38. The van der Waals surface area contributed by atoms with Gasteiger partial charge >= 0.3 is 0 Å². The van der Waals surface area contributed by atoms with Crippen molar-refractivity contribution in [2.75, 3.05) is 23.3 Å². The molecule has 0 radical (unpaired) electrons. The third kappa shape index (κ3) is 4.10. The molecule has 1 amide bonds. The highest BCUT2D eigenvalue weighted by atomic mass is 16.6. The number of hydrogen-bond acceptors (Lipinski definition) is 5. The molecule has 0 saturated carbocycles. The minimum atomic E-state index is -0.360. The number of para-hydroxylation sites is 2. The molecule has 2 aliphatic rings. The van der Waals surface area contributed by atoms with Gasteiger partial charge in [0.1, 0.15) is 5.69 Å². The number of amides is 1. The van der Waals surface area contributed by atoms with Crippen molar-refractivity contribution in [3.05, 3.63) is 63.7 Å². The Kier molecular flexibility index (Phi) is 5.49. The van der Waals surface area contributed by atoms with Crippen molar-refractivity contribution < 1.29 is 14.8 Å². The van der Waals surface area contributed by atoms with Gasteiger partial charge in [0.25, 0.3) is 5.69 Å². The normalized spacial score (nSPS) is 19.5. The average Bonchev–Trinajstić information content (AvgIpc) is 2.74. The molecule has 2 aromatic carbocycles. The van der Waals surface area contributed by atoms with Gasteiger partial charge in [0.05, 0.1) is 11.0 Å². The van der Waals surface area contributed by atoms with Crippen LogP contribution >= 0.6 is 0 Å². The lowest BCUT2D eigenvalue weighted by atomic mass is 9.88. The Hall–Kier alpha value is -2.93. The topological polar surface area (TPSA) is 95.7 Å². The first-order chi connectivity index (χ1) is 14.0. The molecule has 1 fully saturated rings. The summed E-state index contributed by atoms with van der Waals surface area (Å²) in [4.78, 5) is 25.8. The van der Waals surface area contributed by atoms with Crippen molar-refractivity contribution in [2.24, 2.45) is 5.92 Å². The molecule has 1 saturated heterocycles. The molecule has 2 aromatic rings. The van der Waals surface area contributed by atoms with Gasteiger partial charge in [-0.25, -0.2) is 0 Å². The van der Waals surface area contributed by atoms with E-state index in [0.717, 1.165) is 24.1 Å². The van der Waals surface area contributed by atoms with Crippen LogP contribution in [0.3, 0.4) is 0 Å². The molecule has 1 heterocycles. The van der Waals surface area contributed by atoms with Gasteiger partial charge in [0.2, 0.25) is 5.91 Å². The van der Waals surface area contributed by atoms with E-state index >= 15 is 0 Å². The molecule has 7 nitrogen and oxygen atoms in total. The fraction of sp³-hybridized carbons (Fsp3) is 0.409. The second-order valence-corrected chi connectivity index (χ2v) is 7.84. The minimum Gasteiger partial charge on any atom is -0.393 e. The van der Waals surface area contributed by atoms with Crippen LogP contribution in [0.15, 0.2) is 42.5 Å². The van der Waals surface area contributed by atoms with E-state index in [4.69, 9.17) is 0 Å². The Balaban J connectivity index is 1.41. The van der Waals surface area contributed by atoms with E-state index in [1.165, 1.54) is 11.6 Å². The zero-order valence-corrected chi connectivity index (χ0v) is 16.2. The van der Waals surface area contributed by atoms with Crippen LogP contribution in [0.2, 0.25) is 0 Å². The summed E-state index contributed by atoms with van der Waals surface area (Å²) < 4.78 is 0. The summed E-state index contributed by atoms with van der Waals surface area (Å²) in [6, 6.07) is 12.7. The first kappa shape index (κ1) is 19.4. The molecule has 1 unspecified atom stereocenters. The molecule has 1 aliphatic heterocycles. The number of benzene rings is 2. The second kappa shape index (κ2) is 8.21. The molecular weight excluding hydrogens is 370 g/mol. The summed E-state index contributed by atoms with van der Waals surface area (Å²) in [7, 11) is 0. The van der Waals surface area contributed by atoms with Gasteiger partial charge in [-0.15, -0.1) is 0 Å². The van der Waals surface area contributed by atoms with Crippen LogP contribution in [0.4, 0.5) is 17.1 Å². The quantitative estimate of drug-likeness (QED) is 0.612. The monoisotopic (exact) mass is 395 g/mol. The van der Waals surface area contributed by atoms with Crippen LogP contribution in [-0.2, 0) is 17.6 Å². The van der Waals surface area contributed by atoms with E-state index in [1.807, 2.05) is 17.0 Å². The maximum atomic E-state index is 12.9. The molecule has 2 N–H and O–H groups in total. The zero-order valence-electron chi connectivity index (χ0n) is 16.2. The van der Waals surface area contributed by atoms with Gasteiger partial charge in [0, 0.05) is 37.2 Å². The summed E-state index contributed by atoms with van der Waals surface area (Å²) in [5, 5.41) is 24.3. The van der Waals surface area contributed by atoms with Gasteiger partial charge in [-0.3, -0.25) is 14.9 Å². The highest BCUT2D eigenvalue weighted by molar-refractivity contribution is 5.93. The highest BCUT2D eigenvalue weighted by Crippen LogP contribution is 2.32. The largest absolute Gasteiger partial charge is 0.393 e. The summed E-state index contributed by atoms with van der Waals surface area (Å²) in [6.07, 6.45) is 3.10. The van der Waals surface area contributed by atoms with Gasteiger partial charge < -0.3 is 15.3 Å². The number of aryl methyl sites for hydroxylation is 1. The Bertz CT molecular complexity index is 922. The summed E-state index contributed by atoms with van der Waals surface area (Å²) in [6.45, 7) is 1.21. The van der Waals surface area contributed by atoms with Crippen LogP contribution in [0.25, 0.3) is 0 Å². The Morgan fingerprint density at radius 3 is 2.62 bits per heavy atom. The number of anilines is 2. The van der Waals surface area contributed by atoms with Crippen molar-refractivity contribution in [2.45, 2.75) is 38.2 Å². The molecule has 152 valence electrons. The lowest BCUT2D eigenvalue weighted by molar-refractivity contribution is -0.384. The van der Waals surface area contributed by atoms with Crippen LogP contribution in [0.5, 0.6) is 0 Å². The second-order valence-electron chi connectivity index (χ2n) is 7.84. The average molecular weight is 395 g/mol. The Labute approximate surface area is 169 Å². The predicted molar refractivity (Wildman–Crippen MR) is 111 cm³/mol. The molecule has 7 heteroatoms. The molecule has 1 atom stereocenters. The SMILES string of the molecule is O=C(Nc1cccc2c1CC(O)CC2)C1CCN(c2ccccc2[N+](=O)[O-])CC1. The van der Waals surface area contributed by atoms with Crippen molar-refractivity contribution in [1.82, 2.24) is 0 Å². The number of carbonyl (C=O) groups excluding carboxylic acids is 1. The van der Waals surface area contributed by atoms with Crippen LogP contribution < -0.4 is 10.2 Å². The summed E-state index contributed by atoms with van der Waals surface area (Å²) in [5.74, 6) is -0.140.